The van der Waals surface area contributed by atoms with Crippen LogP contribution in [0.2, 0.25) is 5.02 Å². The number of amides is 1. The van der Waals surface area contributed by atoms with Crippen molar-refractivity contribution in [3.63, 3.8) is 0 Å². The highest BCUT2D eigenvalue weighted by Gasteiger charge is 2.11. The monoisotopic (exact) mass is 314 g/mol. The number of nitrogens with zero attached hydrogens (tertiary/aromatic N) is 1. The molecule has 0 aliphatic carbocycles. The van der Waals surface area contributed by atoms with Crippen molar-refractivity contribution >= 4 is 29.3 Å². The Morgan fingerprint density at radius 1 is 1.27 bits per heavy atom. The molecule has 0 unspecified atom stereocenters. The minimum Gasteiger partial charge on any atom is -0.321 e. The van der Waals surface area contributed by atoms with Crippen molar-refractivity contribution in [2.75, 3.05) is 5.32 Å². The summed E-state index contributed by atoms with van der Waals surface area (Å²) in [6, 6.07) is 12.4. The van der Waals surface area contributed by atoms with E-state index < -0.39 is 5.91 Å². The third-order valence-electron chi connectivity index (χ3n) is 2.99. The van der Waals surface area contributed by atoms with Gasteiger partial charge in [-0.3, -0.25) is 4.79 Å². The number of nitriles is 1. The van der Waals surface area contributed by atoms with Gasteiger partial charge in [0.25, 0.3) is 5.91 Å². The van der Waals surface area contributed by atoms with Crippen molar-refractivity contribution in [3.8, 4) is 6.07 Å². The lowest BCUT2D eigenvalue weighted by Crippen LogP contribution is -2.14. The molecule has 0 radical (unpaired) electrons. The molecule has 5 heteroatoms. The Balaban J connectivity index is 2.24. The molecule has 110 valence electrons. The molecule has 0 bridgehead atoms. The summed E-state index contributed by atoms with van der Waals surface area (Å²) in [5, 5.41) is 12.3. The molecule has 1 amide bonds. The molecular weight excluding hydrogens is 303 g/mol. The highest BCUT2D eigenvalue weighted by atomic mass is 35.5. The second-order valence-electron chi connectivity index (χ2n) is 4.63. The number of carbonyl (C=O) groups is 1. The van der Waals surface area contributed by atoms with Gasteiger partial charge in [0, 0.05) is 10.7 Å². The molecule has 0 saturated heterocycles. The predicted octanol–water partition coefficient (Wildman–Crippen LogP) is 4.33. The van der Waals surface area contributed by atoms with E-state index in [1.807, 2.05) is 13.0 Å². The van der Waals surface area contributed by atoms with Gasteiger partial charge in [-0.05, 0) is 48.4 Å². The lowest BCUT2D eigenvalue weighted by Gasteiger charge is -2.08. The molecule has 0 atom stereocenters. The summed E-state index contributed by atoms with van der Waals surface area (Å²) < 4.78 is 12.9. The summed E-state index contributed by atoms with van der Waals surface area (Å²) >= 11 is 5.89. The van der Waals surface area contributed by atoms with Gasteiger partial charge in [-0.15, -0.1) is 0 Å². The molecule has 2 aromatic rings. The predicted molar refractivity (Wildman–Crippen MR) is 84.8 cm³/mol. The fourth-order valence-electron chi connectivity index (χ4n) is 1.79. The first-order chi connectivity index (χ1) is 10.5. The summed E-state index contributed by atoms with van der Waals surface area (Å²) in [6.07, 6.45) is 1.40. The Hall–Kier alpha value is -2.64. The highest BCUT2D eigenvalue weighted by molar-refractivity contribution is 6.31. The van der Waals surface area contributed by atoms with E-state index in [0.29, 0.717) is 16.3 Å². The van der Waals surface area contributed by atoms with E-state index in [4.69, 9.17) is 16.9 Å². The molecule has 3 nitrogen and oxygen atoms in total. The van der Waals surface area contributed by atoms with Gasteiger partial charge in [-0.1, -0.05) is 29.8 Å². The van der Waals surface area contributed by atoms with E-state index in [1.54, 1.807) is 18.2 Å². The number of aryl methyl sites for hydroxylation is 1. The number of hydrogen-bond acceptors (Lipinski definition) is 2. The van der Waals surface area contributed by atoms with Crippen LogP contribution in [0.1, 0.15) is 11.1 Å². The molecule has 0 spiro atoms. The number of rotatable bonds is 3. The summed E-state index contributed by atoms with van der Waals surface area (Å²) in [4.78, 5) is 12.2. The Morgan fingerprint density at radius 2 is 1.95 bits per heavy atom. The highest BCUT2D eigenvalue weighted by Crippen LogP contribution is 2.21. The molecule has 0 fully saturated rings. The van der Waals surface area contributed by atoms with E-state index in [9.17, 15) is 9.18 Å². The van der Waals surface area contributed by atoms with Crippen LogP contribution in [0.15, 0.2) is 48.0 Å². The molecule has 0 aromatic heterocycles. The second-order valence-corrected chi connectivity index (χ2v) is 5.07. The average molecular weight is 315 g/mol. The average Bonchev–Trinajstić information content (AvgIpc) is 2.50. The van der Waals surface area contributed by atoms with Crippen molar-refractivity contribution in [3.05, 3.63) is 70.0 Å². The first kappa shape index (κ1) is 15.7. The number of nitrogens with one attached hydrogen (secondary N) is 1. The van der Waals surface area contributed by atoms with E-state index in [2.05, 4.69) is 5.32 Å². The first-order valence-corrected chi connectivity index (χ1v) is 6.82. The van der Waals surface area contributed by atoms with Crippen molar-refractivity contribution in [1.29, 1.82) is 5.26 Å². The van der Waals surface area contributed by atoms with E-state index in [0.717, 1.165) is 5.56 Å². The molecular formula is C17H12ClFN2O. The van der Waals surface area contributed by atoms with Gasteiger partial charge in [0.15, 0.2) is 0 Å². The van der Waals surface area contributed by atoms with Crippen LogP contribution in [0, 0.1) is 24.1 Å². The number of benzene rings is 2. The van der Waals surface area contributed by atoms with Gasteiger partial charge in [-0.2, -0.15) is 5.26 Å². The normalized spacial score (nSPS) is 10.9. The Labute approximate surface area is 132 Å². The second kappa shape index (κ2) is 6.88. The molecule has 2 rings (SSSR count). The zero-order chi connectivity index (χ0) is 16.1. The molecule has 0 heterocycles. The molecule has 2 aromatic carbocycles. The zero-order valence-electron chi connectivity index (χ0n) is 11.7. The van der Waals surface area contributed by atoms with Crippen LogP contribution in [-0.4, -0.2) is 5.91 Å². The molecule has 0 saturated carbocycles. The van der Waals surface area contributed by atoms with E-state index >= 15 is 0 Å². The van der Waals surface area contributed by atoms with Gasteiger partial charge in [-0.25, -0.2) is 4.39 Å². The number of anilines is 1. The van der Waals surface area contributed by atoms with Crippen LogP contribution in [0.25, 0.3) is 6.08 Å². The van der Waals surface area contributed by atoms with Crippen LogP contribution in [-0.2, 0) is 4.79 Å². The van der Waals surface area contributed by atoms with Crippen molar-refractivity contribution in [2.45, 2.75) is 6.92 Å². The Bertz CT molecular complexity index is 776. The fourth-order valence-corrected chi connectivity index (χ4v) is 1.96. The topological polar surface area (TPSA) is 52.9 Å². The summed E-state index contributed by atoms with van der Waals surface area (Å²) in [5.41, 5.74) is 1.86. The fraction of sp³-hybridized carbons (Fsp3) is 0.0588. The van der Waals surface area contributed by atoms with Crippen LogP contribution in [0.3, 0.4) is 0 Å². The summed E-state index contributed by atoms with van der Waals surface area (Å²) in [6.45, 7) is 1.82. The Morgan fingerprint density at radius 3 is 2.59 bits per heavy atom. The minimum absolute atomic E-state index is 0.0778. The van der Waals surface area contributed by atoms with Gasteiger partial charge in [0.1, 0.15) is 17.5 Å². The van der Waals surface area contributed by atoms with Crippen molar-refractivity contribution in [1.82, 2.24) is 0 Å². The van der Waals surface area contributed by atoms with E-state index in [1.165, 1.54) is 30.3 Å². The van der Waals surface area contributed by atoms with Crippen LogP contribution in [0.4, 0.5) is 10.1 Å². The van der Waals surface area contributed by atoms with E-state index in [-0.39, 0.29) is 11.4 Å². The van der Waals surface area contributed by atoms with Crippen LogP contribution in [0.5, 0.6) is 0 Å². The number of hydrogen-bond donors (Lipinski definition) is 1. The SMILES string of the molecule is Cc1ccc(Cl)cc1NC(=O)/C(C#N)=C/c1ccc(F)cc1. The lowest BCUT2D eigenvalue weighted by molar-refractivity contribution is -0.112. The van der Waals surface area contributed by atoms with Crippen molar-refractivity contribution < 1.29 is 9.18 Å². The van der Waals surface area contributed by atoms with Crippen LogP contribution >= 0.6 is 11.6 Å². The minimum atomic E-state index is -0.544. The smallest absolute Gasteiger partial charge is 0.266 e. The third-order valence-corrected chi connectivity index (χ3v) is 3.23. The molecule has 0 aliphatic heterocycles. The van der Waals surface area contributed by atoms with Gasteiger partial charge in [0.2, 0.25) is 0 Å². The van der Waals surface area contributed by atoms with Gasteiger partial charge >= 0.3 is 0 Å². The molecule has 1 N–H and O–H groups in total. The Kier molecular flexibility index (Phi) is 4.92. The maximum absolute atomic E-state index is 12.9. The van der Waals surface area contributed by atoms with Crippen LogP contribution < -0.4 is 5.32 Å². The van der Waals surface area contributed by atoms with Gasteiger partial charge < -0.3 is 5.32 Å². The number of carbonyl (C=O) groups excluding carboxylic acids is 1. The zero-order valence-corrected chi connectivity index (χ0v) is 12.5. The third kappa shape index (κ3) is 3.94. The largest absolute Gasteiger partial charge is 0.321 e. The first-order valence-electron chi connectivity index (χ1n) is 6.44. The molecule has 22 heavy (non-hydrogen) atoms. The molecule has 0 aliphatic rings. The maximum Gasteiger partial charge on any atom is 0.266 e. The lowest BCUT2D eigenvalue weighted by atomic mass is 10.1. The summed E-state index contributed by atoms with van der Waals surface area (Å²) in [5.74, 6) is -0.924. The quantitative estimate of drug-likeness (QED) is 0.677. The maximum atomic E-state index is 12.9. The standard InChI is InChI=1S/C17H12ClFN2O/c1-11-2-5-14(18)9-16(11)21-17(22)13(10-20)8-12-3-6-15(19)7-4-12/h2-9H,1H3,(H,21,22)/b13-8+. The summed E-state index contributed by atoms with van der Waals surface area (Å²) in [7, 11) is 0. The number of halogens is 2. The van der Waals surface area contributed by atoms with Crippen molar-refractivity contribution in [2.24, 2.45) is 0 Å². The van der Waals surface area contributed by atoms with Gasteiger partial charge in [0.05, 0.1) is 0 Å².